The predicted molar refractivity (Wildman–Crippen MR) is 64.3 cm³/mol. The van der Waals surface area contributed by atoms with E-state index >= 15 is 0 Å². The number of rotatable bonds is 5. The van der Waals surface area contributed by atoms with Crippen LogP contribution in [0.25, 0.3) is 0 Å². The molecular weight excluding hydrogens is 202 g/mol. The monoisotopic (exact) mass is 219 g/mol. The fourth-order valence-electron chi connectivity index (χ4n) is 1.33. The smallest absolute Gasteiger partial charge is 0.212 e. The van der Waals surface area contributed by atoms with Gasteiger partial charge in [0.1, 0.15) is 0 Å². The number of hydrogen-bond donors (Lipinski definition) is 1. The average molecular weight is 219 g/mol. The molecule has 16 heavy (non-hydrogen) atoms. The van der Waals surface area contributed by atoms with Gasteiger partial charge in [0.05, 0.1) is 12.7 Å². The number of methoxy groups -OCH3 is 1. The maximum Gasteiger partial charge on any atom is 0.212 e. The Kier molecular flexibility index (Phi) is 4.26. The van der Waals surface area contributed by atoms with E-state index < -0.39 is 5.60 Å². The first-order chi connectivity index (χ1) is 7.60. The van der Waals surface area contributed by atoms with Crippen molar-refractivity contribution in [2.75, 3.05) is 7.11 Å². The van der Waals surface area contributed by atoms with Gasteiger partial charge in [-0.15, -0.1) is 0 Å². The zero-order valence-corrected chi connectivity index (χ0v) is 9.68. The molecule has 86 valence electrons. The number of aromatic nitrogens is 1. The molecule has 0 aliphatic heterocycles. The molecule has 3 heteroatoms. The summed E-state index contributed by atoms with van der Waals surface area (Å²) < 4.78 is 4.96. The van der Waals surface area contributed by atoms with Crippen molar-refractivity contribution in [3.05, 3.63) is 48.7 Å². The molecule has 0 spiro atoms. The fourth-order valence-corrected chi connectivity index (χ4v) is 1.33. The van der Waals surface area contributed by atoms with E-state index in [2.05, 4.69) is 11.6 Å². The minimum atomic E-state index is -0.918. The first-order valence-corrected chi connectivity index (χ1v) is 5.10. The van der Waals surface area contributed by atoms with Crippen LogP contribution in [0.2, 0.25) is 0 Å². The molecule has 0 aliphatic carbocycles. The van der Waals surface area contributed by atoms with Crippen LogP contribution < -0.4 is 4.74 Å². The van der Waals surface area contributed by atoms with Gasteiger partial charge in [-0.3, -0.25) is 0 Å². The van der Waals surface area contributed by atoms with Crippen LogP contribution in [0.3, 0.4) is 0 Å². The minimum absolute atomic E-state index is 0.521. The lowest BCUT2D eigenvalue weighted by Gasteiger charge is -2.21. The number of pyridine rings is 1. The van der Waals surface area contributed by atoms with Gasteiger partial charge in [-0.25, -0.2) is 4.98 Å². The molecule has 1 heterocycles. The van der Waals surface area contributed by atoms with Crippen molar-refractivity contribution in [1.29, 1.82) is 0 Å². The molecule has 3 nitrogen and oxygen atoms in total. The van der Waals surface area contributed by atoms with E-state index in [1.165, 1.54) is 0 Å². The molecule has 0 saturated carbocycles. The Morgan fingerprint density at radius 3 is 2.81 bits per heavy atom. The molecule has 0 saturated heterocycles. The molecule has 0 aliphatic rings. The molecule has 0 bridgehead atoms. The molecule has 0 fully saturated rings. The molecule has 0 aromatic carbocycles. The molecular formula is C13H17NO2. The van der Waals surface area contributed by atoms with Crippen molar-refractivity contribution in [1.82, 2.24) is 4.98 Å². The van der Waals surface area contributed by atoms with Gasteiger partial charge in [0.25, 0.3) is 0 Å². The maximum absolute atomic E-state index is 10.2. The van der Waals surface area contributed by atoms with E-state index in [1.807, 2.05) is 18.2 Å². The van der Waals surface area contributed by atoms with E-state index in [-0.39, 0.29) is 0 Å². The second kappa shape index (κ2) is 5.47. The highest BCUT2D eigenvalue weighted by Gasteiger charge is 2.21. The third-order valence-electron chi connectivity index (χ3n) is 2.35. The Morgan fingerprint density at radius 1 is 1.56 bits per heavy atom. The topological polar surface area (TPSA) is 42.4 Å². The molecule has 0 radical (unpaired) electrons. The van der Waals surface area contributed by atoms with Crippen molar-refractivity contribution in [3.63, 3.8) is 0 Å². The van der Waals surface area contributed by atoms with Gasteiger partial charge >= 0.3 is 0 Å². The van der Waals surface area contributed by atoms with E-state index in [4.69, 9.17) is 4.74 Å². The molecule has 0 unspecified atom stereocenters. The highest BCUT2D eigenvalue weighted by Crippen LogP contribution is 2.25. The first-order valence-electron chi connectivity index (χ1n) is 5.10. The lowest BCUT2D eigenvalue weighted by molar-refractivity contribution is 0.0601. The van der Waals surface area contributed by atoms with Gasteiger partial charge in [-0.05, 0) is 19.4 Å². The normalized spacial score (nSPS) is 14.7. The average Bonchev–Trinajstić information content (AvgIpc) is 2.29. The van der Waals surface area contributed by atoms with Crippen LogP contribution in [0.1, 0.15) is 18.9 Å². The number of nitrogens with zero attached hydrogens (tertiary/aromatic N) is 1. The van der Waals surface area contributed by atoms with E-state index in [0.717, 1.165) is 5.56 Å². The zero-order chi connectivity index (χ0) is 12.0. The van der Waals surface area contributed by atoms with Gasteiger partial charge in [-0.1, -0.05) is 24.8 Å². The minimum Gasteiger partial charge on any atom is -0.481 e. The zero-order valence-electron chi connectivity index (χ0n) is 9.68. The Labute approximate surface area is 96.1 Å². The van der Waals surface area contributed by atoms with Crippen molar-refractivity contribution >= 4 is 0 Å². The van der Waals surface area contributed by atoms with Crippen LogP contribution in [0.15, 0.2) is 43.1 Å². The second-order valence-corrected chi connectivity index (χ2v) is 3.73. The van der Waals surface area contributed by atoms with Crippen LogP contribution in [0.4, 0.5) is 0 Å². The van der Waals surface area contributed by atoms with E-state index in [1.54, 1.807) is 32.4 Å². The first kappa shape index (κ1) is 12.5. The predicted octanol–water partition coefficient (Wildman–Crippen LogP) is 2.43. The van der Waals surface area contributed by atoms with Crippen molar-refractivity contribution < 1.29 is 9.84 Å². The Morgan fingerprint density at radius 2 is 2.31 bits per heavy atom. The highest BCUT2D eigenvalue weighted by atomic mass is 16.5. The molecule has 1 atom stereocenters. The SMILES string of the molecule is C=C/C=C\C[C@@](C)(O)c1ccc(OC)nc1. The maximum atomic E-state index is 10.2. The standard InChI is InChI=1S/C13H17NO2/c1-4-5-6-9-13(2,15)11-7-8-12(16-3)14-10-11/h4-8,10,15H,1,9H2,2-3H3/b6-5-/t13-/m1/s1. The van der Waals surface area contributed by atoms with Crippen molar-refractivity contribution in [2.24, 2.45) is 0 Å². The quantitative estimate of drug-likeness (QED) is 0.773. The lowest BCUT2D eigenvalue weighted by atomic mass is 9.94. The van der Waals surface area contributed by atoms with Gasteiger partial charge in [-0.2, -0.15) is 0 Å². The van der Waals surface area contributed by atoms with Crippen LogP contribution >= 0.6 is 0 Å². The molecule has 0 amide bonds. The van der Waals surface area contributed by atoms with Crippen LogP contribution in [-0.4, -0.2) is 17.2 Å². The number of hydrogen-bond acceptors (Lipinski definition) is 3. The summed E-state index contributed by atoms with van der Waals surface area (Å²) in [6.45, 7) is 5.33. The Hall–Kier alpha value is -1.61. The highest BCUT2D eigenvalue weighted by molar-refractivity contribution is 5.23. The van der Waals surface area contributed by atoms with Crippen LogP contribution in [-0.2, 0) is 5.60 Å². The second-order valence-electron chi connectivity index (χ2n) is 3.73. The number of allylic oxidation sites excluding steroid dienone is 2. The summed E-state index contributed by atoms with van der Waals surface area (Å²) in [6.07, 6.45) is 7.51. The molecule has 1 N–H and O–H groups in total. The van der Waals surface area contributed by atoms with E-state index in [0.29, 0.717) is 12.3 Å². The third-order valence-corrected chi connectivity index (χ3v) is 2.35. The molecule has 1 aromatic rings. The van der Waals surface area contributed by atoms with Crippen LogP contribution in [0, 0.1) is 0 Å². The van der Waals surface area contributed by atoms with Crippen molar-refractivity contribution in [3.8, 4) is 5.88 Å². The van der Waals surface area contributed by atoms with Crippen LogP contribution in [0.5, 0.6) is 5.88 Å². The molecule has 1 rings (SSSR count). The number of ether oxygens (including phenoxy) is 1. The molecule has 1 aromatic heterocycles. The van der Waals surface area contributed by atoms with Crippen molar-refractivity contribution in [2.45, 2.75) is 18.9 Å². The summed E-state index contributed by atoms with van der Waals surface area (Å²) in [4.78, 5) is 4.07. The summed E-state index contributed by atoms with van der Waals surface area (Å²) in [5.74, 6) is 0.543. The summed E-state index contributed by atoms with van der Waals surface area (Å²) in [6, 6.07) is 3.55. The van der Waals surface area contributed by atoms with Gasteiger partial charge in [0, 0.05) is 17.8 Å². The fraction of sp³-hybridized carbons (Fsp3) is 0.308. The summed E-state index contributed by atoms with van der Waals surface area (Å²) in [7, 11) is 1.56. The van der Waals surface area contributed by atoms with Gasteiger partial charge in [0.2, 0.25) is 5.88 Å². The summed E-state index contributed by atoms with van der Waals surface area (Å²) in [5.41, 5.74) is -0.152. The largest absolute Gasteiger partial charge is 0.481 e. The van der Waals surface area contributed by atoms with Gasteiger partial charge in [0.15, 0.2) is 0 Å². The van der Waals surface area contributed by atoms with E-state index in [9.17, 15) is 5.11 Å². The Bertz CT molecular complexity index is 366. The van der Waals surface area contributed by atoms with Gasteiger partial charge < -0.3 is 9.84 Å². The summed E-state index contributed by atoms with van der Waals surface area (Å²) in [5, 5.41) is 10.2. The lowest BCUT2D eigenvalue weighted by Crippen LogP contribution is -2.20. The Balaban J connectivity index is 2.80. The number of aliphatic hydroxyl groups is 1. The summed E-state index contributed by atoms with van der Waals surface area (Å²) >= 11 is 0. The third kappa shape index (κ3) is 3.21.